The molecular formula is C17H22ClN3. The molecule has 1 aromatic carbocycles. The Bertz CT molecular complexity index is 570. The van der Waals surface area contributed by atoms with Gasteiger partial charge in [-0.05, 0) is 38.1 Å². The van der Waals surface area contributed by atoms with Crippen molar-refractivity contribution < 1.29 is 0 Å². The summed E-state index contributed by atoms with van der Waals surface area (Å²) in [6, 6.07) is 12.9. The molecule has 0 spiro atoms. The SMILES string of the molecule is CNCc1cc(N(Cc2ccccc2)C(C)C)ncc1Cl. The molecular weight excluding hydrogens is 282 g/mol. The zero-order valence-electron chi connectivity index (χ0n) is 12.8. The minimum atomic E-state index is 0.362. The summed E-state index contributed by atoms with van der Waals surface area (Å²) in [7, 11) is 1.92. The summed E-state index contributed by atoms with van der Waals surface area (Å²) in [6.45, 7) is 5.94. The van der Waals surface area contributed by atoms with Crippen molar-refractivity contribution in [1.29, 1.82) is 0 Å². The van der Waals surface area contributed by atoms with Gasteiger partial charge in [-0.1, -0.05) is 41.9 Å². The van der Waals surface area contributed by atoms with Gasteiger partial charge in [-0.15, -0.1) is 0 Å². The van der Waals surface area contributed by atoms with Gasteiger partial charge in [0.05, 0.1) is 5.02 Å². The molecule has 0 fully saturated rings. The van der Waals surface area contributed by atoms with E-state index in [4.69, 9.17) is 11.6 Å². The molecule has 0 aliphatic heterocycles. The van der Waals surface area contributed by atoms with Gasteiger partial charge in [0.25, 0.3) is 0 Å². The Kier molecular flexibility index (Phi) is 5.59. The molecule has 0 atom stereocenters. The van der Waals surface area contributed by atoms with Crippen LogP contribution in [-0.2, 0) is 13.1 Å². The van der Waals surface area contributed by atoms with E-state index < -0.39 is 0 Å². The van der Waals surface area contributed by atoms with Crippen LogP contribution >= 0.6 is 11.6 Å². The Balaban J connectivity index is 2.28. The first kappa shape index (κ1) is 15.8. The summed E-state index contributed by atoms with van der Waals surface area (Å²) in [5, 5.41) is 3.84. The molecule has 1 aromatic heterocycles. The van der Waals surface area contributed by atoms with Gasteiger partial charge < -0.3 is 10.2 Å². The highest BCUT2D eigenvalue weighted by Crippen LogP contribution is 2.23. The third-order valence-electron chi connectivity index (χ3n) is 3.40. The highest BCUT2D eigenvalue weighted by Gasteiger charge is 2.14. The van der Waals surface area contributed by atoms with Gasteiger partial charge in [0, 0.05) is 25.3 Å². The molecule has 21 heavy (non-hydrogen) atoms. The molecule has 0 radical (unpaired) electrons. The highest BCUT2D eigenvalue weighted by atomic mass is 35.5. The van der Waals surface area contributed by atoms with Crippen molar-refractivity contribution in [2.24, 2.45) is 0 Å². The van der Waals surface area contributed by atoms with Crippen LogP contribution in [-0.4, -0.2) is 18.1 Å². The van der Waals surface area contributed by atoms with Crippen LogP contribution in [0.25, 0.3) is 0 Å². The lowest BCUT2D eigenvalue weighted by Crippen LogP contribution is -2.31. The van der Waals surface area contributed by atoms with Crippen molar-refractivity contribution in [3.63, 3.8) is 0 Å². The standard InChI is InChI=1S/C17H22ClN3/c1-13(2)21(12-14-7-5-4-6-8-14)17-9-15(10-19-3)16(18)11-20-17/h4-9,11,13,19H,10,12H2,1-3H3. The van der Waals surface area contributed by atoms with Gasteiger partial charge in [0.2, 0.25) is 0 Å². The molecule has 0 amide bonds. The molecule has 2 aromatic rings. The van der Waals surface area contributed by atoms with Crippen molar-refractivity contribution in [3.8, 4) is 0 Å². The number of anilines is 1. The lowest BCUT2D eigenvalue weighted by molar-refractivity contribution is 0.671. The predicted octanol–water partition coefficient (Wildman–Crippen LogP) is 3.87. The zero-order valence-corrected chi connectivity index (χ0v) is 13.6. The van der Waals surface area contributed by atoms with Crippen molar-refractivity contribution in [1.82, 2.24) is 10.3 Å². The van der Waals surface area contributed by atoms with Crippen LogP contribution < -0.4 is 10.2 Å². The van der Waals surface area contributed by atoms with E-state index in [0.717, 1.165) is 24.5 Å². The van der Waals surface area contributed by atoms with E-state index >= 15 is 0 Å². The summed E-state index contributed by atoms with van der Waals surface area (Å²) in [6.07, 6.45) is 1.74. The zero-order chi connectivity index (χ0) is 15.2. The number of aromatic nitrogens is 1. The molecule has 0 saturated carbocycles. The number of pyridine rings is 1. The van der Waals surface area contributed by atoms with Crippen molar-refractivity contribution in [2.75, 3.05) is 11.9 Å². The minimum Gasteiger partial charge on any atom is -0.350 e. The van der Waals surface area contributed by atoms with E-state index in [2.05, 4.69) is 59.4 Å². The highest BCUT2D eigenvalue weighted by molar-refractivity contribution is 6.31. The molecule has 112 valence electrons. The molecule has 3 nitrogen and oxygen atoms in total. The summed E-state index contributed by atoms with van der Waals surface area (Å²) in [5.41, 5.74) is 2.35. The van der Waals surface area contributed by atoms with E-state index in [1.165, 1.54) is 5.56 Å². The van der Waals surface area contributed by atoms with Gasteiger partial charge >= 0.3 is 0 Å². The van der Waals surface area contributed by atoms with Crippen molar-refractivity contribution in [2.45, 2.75) is 33.0 Å². The lowest BCUT2D eigenvalue weighted by Gasteiger charge is -2.28. The Labute approximate surface area is 132 Å². The average Bonchev–Trinajstić information content (AvgIpc) is 2.48. The Morgan fingerprint density at radius 3 is 2.57 bits per heavy atom. The second-order valence-corrected chi connectivity index (χ2v) is 5.78. The summed E-state index contributed by atoms with van der Waals surface area (Å²) >= 11 is 6.20. The van der Waals surface area contributed by atoms with Crippen molar-refractivity contribution >= 4 is 17.4 Å². The fraction of sp³-hybridized carbons (Fsp3) is 0.353. The van der Waals surface area contributed by atoms with E-state index in [0.29, 0.717) is 11.1 Å². The van der Waals surface area contributed by atoms with Crippen molar-refractivity contribution in [3.05, 3.63) is 58.7 Å². The second-order valence-electron chi connectivity index (χ2n) is 5.37. The number of nitrogens with zero attached hydrogens (tertiary/aromatic N) is 2. The monoisotopic (exact) mass is 303 g/mol. The summed E-state index contributed by atoms with van der Waals surface area (Å²) in [5.74, 6) is 0.962. The van der Waals surface area contributed by atoms with Crippen LogP contribution in [0.2, 0.25) is 5.02 Å². The van der Waals surface area contributed by atoms with Crippen LogP contribution in [0.15, 0.2) is 42.6 Å². The first-order valence-electron chi connectivity index (χ1n) is 7.21. The van der Waals surface area contributed by atoms with Gasteiger partial charge in [0.15, 0.2) is 0 Å². The number of hydrogen-bond acceptors (Lipinski definition) is 3. The number of hydrogen-bond donors (Lipinski definition) is 1. The fourth-order valence-corrected chi connectivity index (χ4v) is 2.43. The van der Waals surface area contributed by atoms with Gasteiger partial charge in [-0.3, -0.25) is 0 Å². The molecule has 0 aliphatic rings. The quantitative estimate of drug-likeness (QED) is 0.878. The normalized spacial score (nSPS) is 10.9. The smallest absolute Gasteiger partial charge is 0.129 e. The van der Waals surface area contributed by atoms with Crippen LogP contribution in [0.3, 0.4) is 0 Å². The maximum atomic E-state index is 6.20. The maximum absolute atomic E-state index is 6.20. The third kappa shape index (κ3) is 4.19. The van der Waals surface area contributed by atoms with E-state index in [9.17, 15) is 0 Å². The topological polar surface area (TPSA) is 28.2 Å². The number of nitrogens with one attached hydrogen (secondary N) is 1. The van der Waals surface area contributed by atoms with Crippen LogP contribution in [0, 0.1) is 0 Å². The molecule has 0 bridgehead atoms. The van der Waals surface area contributed by atoms with Crippen LogP contribution in [0.1, 0.15) is 25.0 Å². The number of rotatable bonds is 6. The molecule has 0 saturated heterocycles. The molecule has 0 aliphatic carbocycles. The maximum Gasteiger partial charge on any atom is 0.129 e. The second kappa shape index (κ2) is 7.43. The number of benzene rings is 1. The van der Waals surface area contributed by atoms with Gasteiger partial charge in [-0.2, -0.15) is 0 Å². The average molecular weight is 304 g/mol. The lowest BCUT2D eigenvalue weighted by atomic mass is 10.1. The van der Waals surface area contributed by atoms with Crippen LogP contribution in [0.4, 0.5) is 5.82 Å². The Morgan fingerprint density at radius 2 is 1.95 bits per heavy atom. The Morgan fingerprint density at radius 1 is 1.24 bits per heavy atom. The third-order valence-corrected chi connectivity index (χ3v) is 3.74. The molecule has 1 heterocycles. The van der Waals surface area contributed by atoms with Gasteiger partial charge in [0.1, 0.15) is 5.82 Å². The summed E-state index contributed by atoms with van der Waals surface area (Å²) < 4.78 is 0. The van der Waals surface area contributed by atoms with E-state index in [1.54, 1.807) is 6.20 Å². The first-order chi connectivity index (χ1) is 10.1. The van der Waals surface area contributed by atoms with E-state index in [1.807, 2.05) is 13.1 Å². The Hall–Kier alpha value is -1.58. The molecule has 4 heteroatoms. The van der Waals surface area contributed by atoms with Crippen LogP contribution in [0.5, 0.6) is 0 Å². The molecule has 2 rings (SSSR count). The minimum absolute atomic E-state index is 0.362. The van der Waals surface area contributed by atoms with Gasteiger partial charge in [-0.25, -0.2) is 4.98 Å². The number of halogens is 1. The van der Waals surface area contributed by atoms with E-state index in [-0.39, 0.29) is 0 Å². The first-order valence-corrected chi connectivity index (χ1v) is 7.59. The molecule has 1 N–H and O–H groups in total. The largest absolute Gasteiger partial charge is 0.350 e. The summed E-state index contributed by atoms with van der Waals surface area (Å²) in [4.78, 5) is 6.79. The fourth-order valence-electron chi connectivity index (χ4n) is 2.26. The molecule has 0 unspecified atom stereocenters. The predicted molar refractivity (Wildman–Crippen MR) is 89.8 cm³/mol.